The maximum atomic E-state index is 2.66. The summed E-state index contributed by atoms with van der Waals surface area (Å²) in [6.07, 6.45) is 76.1. The minimum atomic E-state index is -7.73. The second kappa shape index (κ2) is 7.21. The number of hydrogen-bond acceptors (Lipinski definition) is 0. The second-order valence-electron chi connectivity index (χ2n) is 15.1. The SMILES string of the molecule is C1=CC[C]([Cr]([C]2=CC=CC2)([C]2=CC=CC2)([C]2=CC=CC2)([C]2=CC=CC2)([C]2=CC=CC2)([C]2=CC=CC2)([C]2=CC=CC2)[C]2=CC=CC2)=C1. The van der Waals surface area contributed by atoms with Crippen LogP contribution < -0.4 is 0 Å². The summed E-state index contributed by atoms with van der Waals surface area (Å²) in [4.78, 5) is 0. The number of allylic oxidation sites excluding steroid dienone is 36. The Kier molecular flexibility index (Phi) is 4.41. The fourth-order valence-electron chi connectivity index (χ4n) is 15.4. The van der Waals surface area contributed by atoms with Crippen LogP contribution in [0.3, 0.4) is 0 Å². The molecular formula is C45H45Cr. The summed E-state index contributed by atoms with van der Waals surface area (Å²) < 4.78 is 14.4. The predicted molar refractivity (Wildman–Crippen MR) is 197 cm³/mol. The molecule has 1 heteroatoms. The fraction of sp³-hybridized carbons (Fsp3) is 0.200. The van der Waals surface area contributed by atoms with E-state index in [9.17, 15) is 0 Å². The maximum absolute atomic E-state index is 7.73. The van der Waals surface area contributed by atoms with Gasteiger partial charge < -0.3 is 0 Å². The van der Waals surface area contributed by atoms with Gasteiger partial charge in [0.05, 0.1) is 0 Å². The molecular weight excluding hydrogens is 592 g/mol. The average Bonchev–Trinajstić information content (AvgIpc) is 3.97. The Morgan fingerprint density at radius 2 is 0.348 bits per heavy atom. The Hall–Kier alpha value is -4.15. The molecule has 9 aliphatic carbocycles. The van der Waals surface area contributed by atoms with Gasteiger partial charge in [0.25, 0.3) is 0 Å². The molecule has 0 aromatic rings. The summed E-state index contributed by atoms with van der Waals surface area (Å²) in [6.45, 7) is 0. The van der Waals surface area contributed by atoms with Crippen molar-refractivity contribution in [3.8, 4) is 0 Å². The Bertz CT molecular complexity index is 1710. The zero-order chi connectivity index (χ0) is 31.0. The first-order valence-electron chi connectivity index (χ1n) is 17.3. The summed E-state index contributed by atoms with van der Waals surface area (Å²) in [7, 11) is -7.73. The van der Waals surface area contributed by atoms with E-state index in [0.29, 0.717) is 0 Å². The van der Waals surface area contributed by atoms with Crippen molar-refractivity contribution in [3.05, 3.63) is 204 Å². The van der Waals surface area contributed by atoms with Gasteiger partial charge in [-0.3, -0.25) is 0 Å². The summed E-state index contributed by atoms with van der Waals surface area (Å²) in [6, 6.07) is 0. The van der Waals surface area contributed by atoms with Crippen LogP contribution in [0.25, 0.3) is 0 Å². The van der Waals surface area contributed by atoms with Crippen LogP contribution in [0.15, 0.2) is 204 Å². The van der Waals surface area contributed by atoms with E-state index < -0.39 is 7.72 Å². The third-order valence-electron chi connectivity index (χ3n) is 16.1. The molecule has 9 rings (SSSR count). The van der Waals surface area contributed by atoms with Crippen LogP contribution in [0.2, 0.25) is 0 Å². The van der Waals surface area contributed by atoms with E-state index in [4.69, 9.17) is 0 Å². The van der Waals surface area contributed by atoms with Crippen LogP contribution in [-0.4, -0.2) is 0 Å². The molecule has 0 fully saturated rings. The van der Waals surface area contributed by atoms with Crippen LogP contribution in [-0.2, 0) is 7.72 Å². The van der Waals surface area contributed by atoms with E-state index in [0.717, 1.165) is 57.8 Å². The van der Waals surface area contributed by atoms with E-state index in [1.807, 2.05) is 0 Å². The van der Waals surface area contributed by atoms with Crippen LogP contribution in [0.5, 0.6) is 0 Å². The van der Waals surface area contributed by atoms with Gasteiger partial charge in [-0.1, -0.05) is 0 Å². The van der Waals surface area contributed by atoms with E-state index >= 15 is 0 Å². The van der Waals surface area contributed by atoms with E-state index in [1.165, 1.54) is 0 Å². The average molecular weight is 638 g/mol. The van der Waals surface area contributed by atoms with Crippen LogP contribution in [0, 0.1) is 0 Å². The molecule has 0 atom stereocenters. The third kappa shape index (κ3) is 1.46. The molecule has 0 nitrogen and oxygen atoms in total. The van der Waals surface area contributed by atoms with Crippen LogP contribution in [0.4, 0.5) is 0 Å². The van der Waals surface area contributed by atoms with E-state index in [2.05, 4.69) is 164 Å². The van der Waals surface area contributed by atoms with E-state index in [1.54, 1.807) is 39.9 Å². The zero-order valence-corrected chi connectivity index (χ0v) is 28.1. The molecule has 46 heavy (non-hydrogen) atoms. The van der Waals surface area contributed by atoms with Gasteiger partial charge in [0.2, 0.25) is 0 Å². The molecule has 0 unspecified atom stereocenters. The third-order valence-corrected chi connectivity index (χ3v) is 49.8. The van der Waals surface area contributed by atoms with Crippen LogP contribution >= 0.6 is 0 Å². The van der Waals surface area contributed by atoms with Gasteiger partial charge >= 0.3 is 269 Å². The van der Waals surface area contributed by atoms with Crippen molar-refractivity contribution in [3.63, 3.8) is 0 Å². The van der Waals surface area contributed by atoms with Gasteiger partial charge in [-0.05, 0) is 0 Å². The Balaban J connectivity index is 1.95. The van der Waals surface area contributed by atoms with Crippen LogP contribution in [0.1, 0.15) is 57.8 Å². The predicted octanol–water partition coefficient (Wildman–Crippen LogP) is 12.4. The van der Waals surface area contributed by atoms with E-state index in [-0.39, 0.29) is 0 Å². The van der Waals surface area contributed by atoms with Crippen molar-refractivity contribution in [1.82, 2.24) is 0 Å². The first-order valence-corrected chi connectivity index (χ1v) is 23.0. The molecule has 0 aromatic carbocycles. The zero-order valence-electron chi connectivity index (χ0n) is 26.9. The summed E-state index contributed by atoms with van der Waals surface area (Å²) in [5, 5.41) is 0. The van der Waals surface area contributed by atoms with Gasteiger partial charge in [-0.25, -0.2) is 0 Å². The fourth-order valence-corrected chi connectivity index (χ4v) is 53.8. The quantitative estimate of drug-likeness (QED) is 0.236. The Morgan fingerprint density at radius 1 is 0.217 bits per heavy atom. The molecule has 0 radical (unpaired) electrons. The van der Waals surface area contributed by atoms with Crippen molar-refractivity contribution in [2.45, 2.75) is 57.8 Å². The van der Waals surface area contributed by atoms with Crippen molar-refractivity contribution in [2.24, 2.45) is 0 Å². The number of hydrogen-bond donors (Lipinski definition) is 0. The molecule has 0 saturated carbocycles. The van der Waals surface area contributed by atoms with Crippen molar-refractivity contribution in [1.29, 1.82) is 0 Å². The van der Waals surface area contributed by atoms with Gasteiger partial charge in [-0.2, -0.15) is 0 Å². The van der Waals surface area contributed by atoms with Crippen molar-refractivity contribution in [2.75, 3.05) is 0 Å². The Morgan fingerprint density at radius 3 is 0.435 bits per heavy atom. The van der Waals surface area contributed by atoms with Gasteiger partial charge in [0.1, 0.15) is 0 Å². The molecule has 231 valence electrons. The van der Waals surface area contributed by atoms with Gasteiger partial charge in [0, 0.05) is 0 Å². The second-order valence-corrected chi connectivity index (χ2v) is 33.9. The Labute approximate surface area is 268 Å². The molecule has 0 aromatic heterocycles. The molecule has 0 saturated heterocycles. The van der Waals surface area contributed by atoms with Crippen molar-refractivity contribution < 1.29 is 7.72 Å². The van der Waals surface area contributed by atoms with Gasteiger partial charge in [0.15, 0.2) is 0 Å². The molecule has 0 bridgehead atoms. The first kappa shape index (κ1) is 28.1. The first-order chi connectivity index (χ1) is 22.6. The monoisotopic (exact) mass is 637 g/mol. The summed E-state index contributed by atoms with van der Waals surface area (Å²) in [5.41, 5.74) is 0. The normalized spacial score (nSPS) is 28.2. The van der Waals surface area contributed by atoms with Gasteiger partial charge in [-0.15, -0.1) is 0 Å². The van der Waals surface area contributed by atoms with Crippen molar-refractivity contribution >= 4 is 0 Å². The molecule has 9 aliphatic rings. The summed E-state index contributed by atoms with van der Waals surface area (Å²) >= 11 is 0. The molecule has 0 spiro atoms. The summed E-state index contributed by atoms with van der Waals surface area (Å²) in [5.74, 6) is 0. The molecule has 0 heterocycles. The number of rotatable bonds is 9. The topological polar surface area (TPSA) is 0 Å². The minimum absolute atomic E-state index is 0.892. The molecule has 0 amide bonds. The standard InChI is InChI=1S/9C5H5.Cr/c9*1-2-4-5-3-1;/h9*1-3H,4H2;. The molecule has 0 aliphatic heterocycles. The molecule has 0 N–H and O–H groups in total.